The second-order valence-corrected chi connectivity index (χ2v) is 5.80. The van der Waals surface area contributed by atoms with Gasteiger partial charge in [-0.25, -0.2) is 0 Å². The van der Waals surface area contributed by atoms with E-state index in [2.05, 4.69) is 25.2 Å². The van der Waals surface area contributed by atoms with Crippen LogP contribution in [-0.2, 0) is 6.54 Å². The molecule has 0 atom stereocenters. The van der Waals surface area contributed by atoms with E-state index in [1.54, 1.807) is 18.4 Å². The van der Waals surface area contributed by atoms with Gasteiger partial charge in [-0.3, -0.25) is 0 Å². The Hall–Kier alpha value is -0.580. The second-order valence-electron chi connectivity index (χ2n) is 4.67. The highest BCUT2D eigenvalue weighted by Crippen LogP contribution is 2.24. The van der Waals surface area contributed by atoms with E-state index in [4.69, 9.17) is 9.84 Å². The average molecular weight is 243 g/mol. The van der Waals surface area contributed by atoms with Crippen LogP contribution in [0.2, 0.25) is 0 Å². The van der Waals surface area contributed by atoms with E-state index < -0.39 is 0 Å². The van der Waals surface area contributed by atoms with Crippen molar-refractivity contribution in [3.63, 3.8) is 0 Å². The molecule has 2 N–H and O–H groups in total. The standard InChI is InChI=1S/C12H21NO2S/c1-12(2,6-7-14)9-13-8-10-4-5-11(15-3)16-10/h4-5,13-14H,6-9H2,1-3H3. The normalized spacial score (nSPS) is 11.8. The topological polar surface area (TPSA) is 41.5 Å². The van der Waals surface area contributed by atoms with Gasteiger partial charge in [0.2, 0.25) is 0 Å². The minimum atomic E-state index is 0.149. The quantitative estimate of drug-likeness (QED) is 0.772. The summed E-state index contributed by atoms with van der Waals surface area (Å²) in [6.45, 7) is 6.34. The number of thiophene rings is 1. The maximum Gasteiger partial charge on any atom is 0.173 e. The van der Waals surface area contributed by atoms with Crippen molar-refractivity contribution in [2.75, 3.05) is 20.3 Å². The summed E-state index contributed by atoms with van der Waals surface area (Å²) in [5.41, 5.74) is 0.149. The van der Waals surface area contributed by atoms with Gasteiger partial charge in [-0.05, 0) is 24.0 Å². The van der Waals surface area contributed by atoms with E-state index in [0.29, 0.717) is 0 Å². The molecule has 1 heterocycles. The third kappa shape index (κ3) is 4.51. The molecular formula is C12H21NO2S. The van der Waals surface area contributed by atoms with Crippen LogP contribution in [0.15, 0.2) is 12.1 Å². The maximum absolute atomic E-state index is 8.91. The second kappa shape index (κ2) is 6.23. The molecule has 0 fully saturated rings. The van der Waals surface area contributed by atoms with Gasteiger partial charge in [0, 0.05) is 24.6 Å². The molecule has 3 nitrogen and oxygen atoms in total. The average Bonchev–Trinajstić information content (AvgIpc) is 2.65. The molecule has 0 aliphatic heterocycles. The van der Waals surface area contributed by atoms with Gasteiger partial charge in [-0.2, -0.15) is 0 Å². The Balaban J connectivity index is 2.29. The first-order chi connectivity index (χ1) is 7.57. The Kier molecular flexibility index (Phi) is 5.25. The highest BCUT2D eigenvalue weighted by atomic mass is 32.1. The van der Waals surface area contributed by atoms with Crippen LogP contribution < -0.4 is 10.1 Å². The van der Waals surface area contributed by atoms with Gasteiger partial charge in [0.15, 0.2) is 5.06 Å². The summed E-state index contributed by atoms with van der Waals surface area (Å²) >= 11 is 1.66. The third-order valence-electron chi connectivity index (χ3n) is 2.53. The Morgan fingerprint density at radius 2 is 2.19 bits per heavy atom. The predicted molar refractivity (Wildman–Crippen MR) is 68.1 cm³/mol. The molecule has 0 amide bonds. The summed E-state index contributed by atoms with van der Waals surface area (Å²) in [4.78, 5) is 1.27. The molecule has 0 saturated heterocycles. The van der Waals surface area contributed by atoms with E-state index in [1.165, 1.54) is 4.88 Å². The molecule has 0 aliphatic rings. The SMILES string of the molecule is COc1ccc(CNCC(C)(C)CCO)s1. The van der Waals surface area contributed by atoms with Crippen LogP contribution in [0, 0.1) is 5.41 Å². The Bertz CT molecular complexity index is 310. The zero-order valence-electron chi connectivity index (χ0n) is 10.2. The van der Waals surface area contributed by atoms with Gasteiger partial charge in [0.1, 0.15) is 0 Å². The van der Waals surface area contributed by atoms with Crippen molar-refractivity contribution in [2.24, 2.45) is 5.41 Å². The summed E-state index contributed by atoms with van der Waals surface area (Å²) in [5.74, 6) is 0. The number of methoxy groups -OCH3 is 1. The molecule has 0 radical (unpaired) electrons. The van der Waals surface area contributed by atoms with Crippen LogP contribution in [0.1, 0.15) is 25.1 Å². The smallest absolute Gasteiger partial charge is 0.173 e. The number of aliphatic hydroxyl groups is 1. The van der Waals surface area contributed by atoms with Crippen LogP contribution in [0.3, 0.4) is 0 Å². The van der Waals surface area contributed by atoms with Crippen LogP contribution in [-0.4, -0.2) is 25.4 Å². The number of rotatable bonds is 7. The van der Waals surface area contributed by atoms with Gasteiger partial charge in [0.25, 0.3) is 0 Å². The van der Waals surface area contributed by atoms with E-state index in [9.17, 15) is 0 Å². The summed E-state index contributed by atoms with van der Waals surface area (Å²) in [6, 6.07) is 4.07. The number of ether oxygens (including phenoxy) is 1. The zero-order valence-corrected chi connectivity index (χ0v) is 11.1. The van der Waals surface area contributed by atoms with E-state index >= 15 is 0 Å². The molecular weight excluding hydrogens is 222 g/mol. The maximum atomic E-state index is 8.91. The predicted octanol–water partition coefficient (Wildman–Crippen LogP) is 2.25. The molecule has 4 heteroatoms. The first-order valence-electron chi connectivity index (χ1n) is 5.52. The number of hydrogen-bond acceptors (Lipinski definition) is 4. The summed E-state index contributed by atoms with van der Waals surface area (Å²) in [6.07, 6.45) is 0.827. The van der Waals surface area contributed by atoms with Crippen LogP contribution >= 0.6 is 11.3 Å². The number of hydrogen-bond donors (Lipinski definition) is 2. The lowest BCUT2D eigenvalue weighted by molar-refractivity contribution is 0.207. The molecule has 0 spiro atoms. The Labute approximate surface area is 101 Å². The fourth-order valence-corrected chi connectivity index (χ4v) is 2.27. The summed E-state index contributed by atoms with van der Waals surface area (Å²) in [7, 11) is 1.69. The van der Waals surface area contributed by atoms with Gasteiger partial charge in [0.05, 0.1) is 7.11 Å². The molecule has 1 aromatic rings. The van der Waals surface area contributed by atoms with E-state index in [0.717, 1.165) is 24.6 Å². The highest BCUT2D eigenvalue weighted by molar-refractivity contribution is 7.13. The largest absolute Gasteiger partial charge is 0.487 e. The minimum absolute atomic E-state index is 0.149. The molecule has 0 saturated carbocycles. The van der Waals surface area contributed by atoms with E-state index in [-0.39, 0.29) is 12.0 Å². The van der Waals surface area contributed by atoms with Gasteiger partial charge < -0.3 is 15.2 Å². The van der Waals surface area contributed by atoms with Gasteiger partial charge in [-0.1, -0.05) is 13.8 Å². The number of nitrogens with one attached hydrogen (secondary N) is 1. The van der Waals surface area contributed by atoms with Crippen molar-refractivity contribution < 1.29 is 9.84 Å². The van der Waals surface area contributed by atoms with Crippen LogP contribution in [0.25, 0.3) is 0 Å². The first kappa shape index (κ1) is 13.5. The molecule has 1 aromatic heterocycles. The Morgan fingerprint density at radius 1 is 1.44 bits per heavy atom. The molecule has 16 heavy (non-hydrogen) atoms. The molecule has 92 valence electrons. The van der Waals surface area contributed by atoms with Crippen LogP contribution in [0.4, 0.5) is 0 Å². The molecule has 0 bridgehead atoms. The molecule has 0 aromatic carbocycles. The van der Waals surface area contributed by atoms with Gasteiger partial charge >= 0.3 is 0 Å². The fraction of sp³-hybridized carbons (Fsp3) is 0.667. The van der Waals surface area contributed by atoms with Crippen molar-refractivity contribution in [2.45, 2.75) is 26.8 Å². The highest BCUT2D eigenvalue weighted by Gasteiger charge is 2.16. The fourth-order valence-electron chi connectivity index (χ4n) is 1.48. The van der Waals surface area contributed by atoms with E-state index in [1.807, 2.05) is 6.07 Å². The van der Waals surface area contributed by atoms with Crippen molar-refractivity contribution in [1.29, 1.82) is 0 Å². The molecule has 0 unspecified atom stereocenters. The van der Waals surface area contributed by atoms with Crippen molar-refractivity contribution in [3.8, 4) is 5.06 Å². The van der Waals surface area contributed by atoms with Crippen molar-refractivity contribution in [3.05, 3.63) is 17.0 Å². The summed E-state index contributed by atoms with van der Waals surface area (Å²) in [5, 5.41) is 13.3. The van der Waals surface area contributed by atoms with Crippen molar-refractivity contribution >= 4 is 11.3 Å². The molecule has 0 aliphatic carbocycles. The zero-order chi connectivity index (χ0) is 12.0. The lowest BCUT2D eigenvalue weighted by Gasteiger charge is -2.23. The summed E-state index contributed by atoms with van der Waals surface area (Å²) < 4.78 is 5.14. The van der Waals surface area contributed by atoms with Crippen molar-refractivity contribution in [1.82, 2.24) is 5.32 Å². The Morgan fingerprint density at radius 3 is 2.75 bits per heavy atom. The monoisotopic (exact) mass is 243 g/mol. The third-order valence-corrected chi connectivity index (χ3v) is 3.58. The lowest BCUT2D eigenvalue weighted by atomic mass is 9.90. The molecule has 1 rings (SSSR count). The first-order valence-corrected chi connectivity index (χ1v) is 6.33. The number of aliphatic hydroxyl groups excluding tert-OH is 1. The van der Waals surface area contributed by atoms with Crippen LogP contribution in [0.5, 0.6) is 5.06 Å². The van der Waals surface area contributed by atoms with Gasteiger partial charge in [-0.15, -0.1) is 11.3 Å². The minimum Gasteiger partial charge on any atom is -0.487 e. The lowest BCUT2D eigenvalue weighted by Crippen LogP contribution is -2.29.